The molecule has 1 unspecified atom stereocenters. The minimum Gasteiger partial charge on any atom is -0.458 e. The van der Waals surface area contributed by atoms with Crippen LogP contribution in [0.5, 0.6) is 5.75 Å². The Labute approximate surface area is 332 Å². The van der Waals surface area contributed by atoms with E-state index >= 15 is 0 Å². The number of hydrogen-bond acceptors (Lipinski definition) is 12. The summed E-state index contributed by atoms with van der Waals surface area (Å²) >= 11 is 0. The number of carbonyl (C=O) groups excluding carboxylic acids is 5. The van der Waals surface area contributed by atoms with Crippen LogP contribution < -0.4 is 4.74 Å². The lowest BCUT2D eigenvalue weighted by molar-refractivity contribution is -0.152. The van der Waals surface area contributed by atoms with E-state index in [1.54, 1.807) is 49.9 Å². The van der Waals surface area contributed by atoms with Gasteiger partial charge in [-0.2, -0.15) is 0 Å². The van der Waals surface area contributed by atoms with Crippen molar-refractivity contribution in [2.45, 2.75) is 119 Å². The number of cyclic esters (lactones) is 1. The molecule has 5 rings (SSSR count). The van der Waals surface area contributed by atoms with Gasteiger partial charge in [0.15, 0.2) is 0 Å². The molecular formula is C42H62N4O10. The van der Waals surface area contributed by atoms with Crippen molar-refractivity contribution in [2.24, 2.45) is 0 Å². The van der Waals surface area contributed by atoms with E-state index in [0.717, 1.165) is 42.4 Å². The summed E-state index contributed by atoms with van der Waals surface area (Å²) in [5, 5.41) is 0.837. The zero-order chi connectivity index (χ0) is 42.5. The fourth-order valence-corrected chi connectivity index (χ4v) is 5.81. The van der Waals surface area contributed by atoms with Crippen LogP contribution in [-0.4, -0.2) is 108 Å². The summed E-state index contributed by atoms with van der Waals surface area (Å²) in [7, 11) is 4.86. The van der Waals surface area contributed by atoms with Crippen LogP contribution in [0, 0.1) is 0 Å². The van der Waals surface area contributed by atoms with E-state index in [4.69, 9.17) is 28.7 Å². The van der Waals surface area contributed by atoms with Gasteiger partial charge in [0, 0.05) is 62.9 Å². The molecule has 0 saturated carbocycles. The summed E-state index contributed by atoms with van der Waals surface area (Å²) < 4.78 is 26.4. The molecule has 0 bridgehead atoms. The first-order valence-electron chi connectivity index (χ1n) is 19.3. The molecule has 1 aromatic heterocycles. The van der Waals surface area contributed by atoms with Crippen molar-refractivity contribution in [3.63, 3.8) is 0 Å². The Balaban J connectivity index is 0.000000569. The van der Waals surface area contributed by atoms with E-state index in [-0.39, 0.29) is 29.4 Å². The number of pyridine rings is 1. The molecule has 0 N–H and O–H groups in total. The van der Waals surface area contributed by atoms with Gasteiger partial charge < -0.3 is 38.4 Å². The van der Waals surface area contributed by atoms with Crippen molar-refractivity contribution in [1.29, 1.82) is 0 Å². The third-order valence-corrected chi connectivity index (χ3v) is 8.18. The highest BCUT2D eigenvalue weighted by atomic mass is 16.7. The van der Waals surface area contributed by atoms with Gasteiger partial charge in [-0.1, -0.05) is 34.6 Å². The number of rotatable bonds is 5. The van der Waals surface area contributed by atoms with E-state index in [0.29, 0.717) is 41.9 Å². The summed E-state index contributed by atoms with van der Waals surface area (Å²) in [6.07, 6.45) is 2.07. The molecule has 2 aromatic rings. The quantitative estimate of drug-likeness (QED) is 0.125. The Morgan fingerprint density at radius 2 is 1.59 bits per heavy atom. The van der Waals surface area contributed by atoms with Crippen LogP contribution in [0.3, 0.4) is 0 Å². The molecule has 1 fully saturated rings. The van der Waals surface area contributed by atoms with Crippen molar-refractivity contribution < 1.29 is 47.7 Å². The Kier molecular flexibility index (Phi) is 17.4. The maximum atomic E-state index is 12.6. The molecule has 0 radical (unpaired) electrons. The Hall–Kier alpha value is -5.14. The average molecular weight is 783 g/mol. The molecule has 0 aliphatic carbocycles. The number of aldehydes is 1. The Morgan fingerprint density at radius 1 is 0.982 bits per heavy atom. The number of aryl methyl sites for hydroxylation is 1. The predicted molar refractivity (Wildman–Crippen MR) is 215 cm³/mol. The second-order valence-electron chi connectivity index (χ2n) is 14.9. The fourth-order valence-electron chi connectivity index (χ4n) is 5.81. The smallest absolute Gasteiger partial charge is 0.458 e. The summed E-state index contributed by atoms with van der Waals surface area (Å²) in [6.45, 7) is 23.0. The van der Waals surface area contributed by atoms with Crippen molar-refractivity contribution in [2.75, 3.05) is 40.8 Å². The van der Waals surface area contributed by atoms with Gasteiger partial charge in [0.2, 0.25) is 6.10 Å². The maximum Gasteiger partial charge on any atom is 0.514 e. The highest BCUT2D eigenvalue weighted by molar-refractivity contribution is 5.93. The molecule has 3 aliphatic heterocycles. The average Bonchev–Trinajstić information content (AvgIpc) is 3.78. The number of esters is 1. The number of likely N-dealkylation sites (tertiary alicyclic amines) is 1. The molecule has 56 heavy (non-hydrogen) atoms. The van der Waals surface area contributed by atoms with Gasteiger partial charge in [0.25, 0.3) is 0 Å². The van der Waals surface area contributed by atoms with Crippen LogP contribution in [-0.2, 0) is 41.5 Å². The van der Waals surface area contributed by atoms with E-state index < -0.39 is 29.9 Å². The molecule has 4 heterocycles. The number of amides is 2. The molecule has 3 aliphatic rings. The number of fused-ring (bicyclic) bond motifs is 2. The second-order valence-corrected chi connectivity index (χ2v) is 14.9. The van der Waals surface area contributed by atoms with Gasteiger partial charge in [-0.25, -0.2) is 24.2 Å². The van der Waals surface area contributed by atoms with E-state index in [1.807, 2.05) is 67.3 Å². The third kappa shape index (κ3) is 12.7. The minimum atomic E-state index is -1.40. The van der Waals surface area contributed by atoms with Gasteiger partial charge in [-0.05, 0) is 90.6 Å². The van der Waals surface area contributed by atoms with Crippen molar-refractivity contribution >= 4 is 47.2 Å². The summed E-state index contributed by atoms with van der Waals surface area (Å²) in [4.78, 5) is 70.2. The van der Waals surface area contributed by atoms with Crippen LogP contribution >= 0.6 is 0 Å². The van der Waals surface area contributed by atoms with Crippen LogP contribution in [0.15, 0.2) is 35.4 Å². The Bertz CT molecular complexity index is 1780. The van der Waals surface area contributed by atoms with Gasteiger partial charge in [-0.15, -0.1) is 0 Å². The van der Waals surface area contributed by atoms with Crippen LogP contribution in [0.4, 0.5) is 14.4 Å². The SMILES string of the molecule is CC.CC.CC(C)(C)OC(=O)N1CCCC1.CCc1c2c(nc3ccc(OC(=O)OC(C)(C)C)cc13)/C(=C/C1=C(C=O)COC(=O)C1OC(=O)N(C)C)N(C)C2. The van der Waals surface area contributed by atoms with Crippen LogP contribution in [0.25, 0.3) is 16.6 Å². The predicted octanol–water partition coefficient (Wildman–Crippen LogP) is 8.09. The topological polar surface area (TPSA) is 154 Å². The van der Waals surface area contributed by atoms with Gasteiger partial charge in [0.1, 0.15) is 29.8 Å². The summed E-state index contributed by atoms with van der Waals surface area (Å²) in [5.74, 6) is -0.417. The largest absolute Gasteiger partial charge is 0.514 e. The molecule has 1 saturated heterocycles. The second kappa shape index (κ2) is 20.7. The molecule has 1 atom stereocenters. The first kappa shape index (κ1) is 47.0. The third-order valence-electron chi connectivity index (χ3n) is 8.18. The van der Waals surface area contributed by atoms with E-state index in [9.17, 15) is 24.0 Å². The standard InChI is InChI=1S/C29H33N3O8.C9H17NO2.2C2H6/c1-8-18-20-11-17(38-28(36)40-29(2,3)4)9-10-22(20)30-24-21(18)13-32(7)23(24)12-19-16(14-33)15-37-26(34)25(19)39-27(35)31(5)6;1-9(2,3)12-8(11)10-6-4-5-7-10;2*1-2/h9-12,14,25H,8,13,15H2,1-7H3;4-7H2,1-3H3;2*1-2H3/b23-12-;;;. The minimum absolute atomic E-state index is 0.167. The summed E-state index contributed by atoms with van der Waals surface area (Å²) in [6, 6.07) is 5.18. The molecule has 310 valence electrons. The van der Waals surface area contributed by atoms with Gasteiger partial charge >= 0.3 is 24.3 Å². The monoisotopic (exact) mass is 782 g/mol. The number of aromatic nitrogens is 1. The number of nitrogens with zero attached hydrogens (tertiary/aromatic N) is 4. The van der Waals surface area contributed by atoms with Gasteiger partial charge in [0.05, 0.1) is 16.9 Å². The molecule has 0 spiro atoms. The number of hydrogen-bond donors (Lipinski definition) is 0. The highest BCUT2D eigenvalue weighted by Gasteiger charge is 2.37. The molecule has 14 nitrogen and oxygen atoms in total. The lowest BCUT2D eigenvalue weighted by Crippen LogP contribution is -2.39. The highest BCUT2D eigenvalue weighted by Crippen LogP contribution is 2.39. The normalized spacial score (nSPS) is 16.9. The van der Waals surface area contributed by atoms with Gasteiger partial charge in [-0.3, -0.25) is 4.79 Å². The lowest BCUT2D eigenvalue weighted by atomic mass is 9.97. The zero-order valence-electron chi connectivity index (χ0n) is 35.8. The number of ether oxygens (including phenoxy) is 5. The zero-order valence-corrected chi connectivity index (χ0v) is 35.8. The van der Waals surface area contributed by atoms with Crippen LogP contribution in [0.1, 0.15) is 106 Å². The summed E-state index contributed by atoms with van der Waals surface area (Å²) in [5.41, 5.74) is 3.41. The maximum absolute atomic E-state index is 12.6. The molecule has 14 heteroatoms. The van der Waals surface area contributed by atoms with Crippen molar-refractivity contribution in [1.82, 2.24) is 19.7 Å². The molecule has 2 amide bonds. The number of carbonyl (C=O) groups is 5. The van der Waals surface area contributed by atoms with E-state index in [1.165, 1.54) is 19.0 Å². The lowest BCUT2D eigenvalue weighted by Gasteiger charge is -2.26. The molecular weight excluding hydrogens is 720 g/mol. The number of benzene rings is 1. The van der Waals surface area contributed by atoms with Crippen molar-refractivity contribution in [3.05, 3.63) is 52.2 Å². The van der Waals surface area contributed by atoms with Crippen molar-refractivity contribution in [3.8, 4) is 5.75 Å². The van der Waals surface area contributed by atoms with E-state index in [2.05, 4.69) is 0 Å². The first-order chi connectivity index (χ1) is 26.3. The van der Waals surface area contributed by atoms with Crippen LogP contribution in [0.2, 0.25) is 0 Å². The Morgan fingerprint density at radius 3 is 2.12 bits per heavy atom. The molecule has 1 aromatic carbocycles. The first-order valence-corrected chi connectivity index (χ1v) is 19.3. The fraction of sp³-hybridized carbons (Fsp3) is 0.571.